The van der Waals surface area contributed by atoms with E-state index < -0.39 is 42.6 Å². The van der Waals surface area contributed by atoms with Crippen LogP contribution in [0.1, 0.15) is 11.1 Å². The Morgan fingerprint density at radius 3 is 2.47 bits per heavy atom. The fourth-order valence-corrected chi connectivity index (χ4v) is 3.50. The fraction of sp³-hybridized carbons (Fsp3) is 0.227. The van der Waals surface area contributed by atoms with Gasteiger partial charge in [0.05, 0.1) is 12.2 Å². The van der Waals surface area contributed by atoms with Gasteiger partial charge in [-0.1, -0.05) is 6.07 Å². The van der Waals surface area contributed by atoms with Gasteiger partial charge in [-0.3, -0.25) is 0 Å². The van der Waals surface area contributed by atoms with E-state index in [0.29, 0.717) is 16.7 Å². The highest BCUT2D eigenvalue weighted by Gasteiger charge is 2.34. The number of para-hydroxylation sites is 1. The molecule has 3 N–H and O–H groups in total. The van der Waals surface area contributed by atoms with Crippen LogP contribution in [0.4, 0.5) is 29.5 Å². The summed E-state index contributed by atoms with van der Waals surface area (Å²) >= 11 is 0. The maximum Gasteiger partial charge on any atom is 0.328 e. The molecule has 178 valence electrons. The number of aliphatic hydroxyl groups excluding tert-OH is 2. The zero-order chi connectivity index (χ0) is 24.4. The molecule has 1 aliphatic heterocycles. The number of carbonyl (C=O) groups excluding carboxylic acids is 1. The van der Waals surface area contributed by atoms with Crippen LogP contribution in [0.2, 0.25) is 0 Å². The van der Waals surface area contributed by atoms with Crippen molar-refractivity contribution in [1.82, 2.24) is 20.2 Å². The second-order valence-corrected chi connectivity index (χ2v) is 7.41. The molecule has 3 aromatic rings. The zero-order valence-electron chi connectivity index (χ0n) is 17.9. The van der Waals surface area contributed by atoms with Crippen LogP contribution in [0.5, 0.6) is 6.01 Å². The van der Waals surface area contributed by atoms with Crippen LogP contribution in [0.3, 0.4) is 0 Å². The molecule has 1 aromatic heterocycles. The topological polar surface area (TPSA) is 111 Å². The number of hydrogen-bond donors (Lipinski definition) is 3. The third-order valence-electron chi connectivity index (χ3n) is 5.18. The maximum absolute atomic E-state index is 14.6. The molecule has 0 aliphatic carbocycles. The van der Waals surface area contributed by atoms with Crippen molar-refractivity contribution in [2.75, 3.05) is 25.1 Å². The van der Waals surface area contributed by atoms with Gasteiger partial charge < -0.3 is 20.3 Å². The number of aliphatic hydroxyl groups is 2. The predicted molar refractivity (Wildman–Crippen MR) is 114 cm³/mol. The number of urea groups is 1. The highest BCUT2D eigenvalue weighted by atomic mass is 19.1. The number of nitrogens with one attached hydrogen (secondary N) is 1. The smallest absolute Gasteiger partial charge is 0.328 e. The Bertz CT molecular complexity index is 1220. The minimum Gasteiger partial charge on any atom is -0.447 e. The lowest BCUT2D eigenvalue weighted by Gasteiger charge is -2.30. The summed E-state index contributed by atoms with van der Waals surface area (Å²) in [7, 11) is 0. The van der Waals surface area contributed by atoms with Crippen LogP contribution in [-0.2, 0) is 6.54 Å². The summed E-state index contributed by atoms with van der Waals surface area (Å²) in [6.07, 6.45) is 0. The molecule has 12 heteroatoms. The molecule has 0 saturated carbocycles. The number of nitrogens with zero attached hydrogens (tertiary/aromatic N) is 4. The number of aryl methyl sites for hydroxylation is 1. The first-order valence-corrected chi connectivity index (χ1v) is 10.1. The molecule has 2 heterocycles. The number of ether oxygens (including phenoxy) is 1. The summed E-state index contributed by atoms with van der Waals surface area (Å²) in [5.74, 6) is -2.58. The Balaban J connectivity index is 1.92. The monoisotopic (exact) mass is 475 g/mol. The molecule has 4 rings (SSSR count). The quantitative estimate of drug-likeness (QED) is 0.451. The summed E-state index contributed by atoms with van der Waals surface area (Å²) in [5, 5.41) is 21.0. The molecular formula is C22H20F3N5O4. The van der Waals surface area contributed by atoms with E-state index in [4.69, 9.17) is 4.74 Å². The van der Waals surface area contributed by atoms with Crippen molar-refractivity contribution in [2.45, 2.75) is 13.5 Å². The molecule has 0 spiro atoms. The summed E-state index contributed by atoms with van der Waals surface area (Å²) < 4.78 is 48.5. The van der Waals surface area contributed by atoms with Gasteiger partial charge in [0.15, 0.2) is 5.82 Å². The van der Waals surface area contributed by atoms with Gasteiger partial charge in [0.25, 0.3) is 0 Å². The Labute approximate surface area is 192 Å². The molecule has 0 unspecified atom stereocenters. The lowest BCUT2D eigenvalue weighted by Crippen LogP contribution is -2.43. The number of hydrogen-bond acceptors (Lipinski definition) is 7. The highest BCUT2D eigenvalue weighted by molar-refractivity contribution is 6.02. The van der Waals surface area contributed by atoms with Gasteiger partial charge in [0.2, 0.25) is 0 Å². The Hall–Kier alpha value is -3.74. The van der Waals surface area contributed by atoms with E-state index >= 15 is 0 Å². The van der Waals surface area contributed by atoms with Crippen LogP contribution < -0.4 is 15.0 Å². The SMILES string of the molecule is Cc1cc(F)ccc1-c1nc(OCN(CO)CO)nc2c1CNC(=O)N2c1c(F)cccc1F. The molecule has 2 amide bonds. The first-order valence-electron chi connectivity index (χ1n) is 10.1. The molecule has 0 bridgehead atoms. The van der Waals surface area contributed by atoms with E-state index in [2.05, 4.69) is 15.3 Å². The molecule has 0 saturated heterocycles. The molecule has 1 aliphatic rings. The second-order valence-electron chi connectivity index (χ2n) is 7.41. The average molecular weight is 475 g/mol. The van der Waals surface area contributed by atoms with E-state index in [1.165, 1.54) is 18.2 Å². The van der Waals surface area contributed by atoms with Crippen molar-refractivity contribution in [1.29, 1.82) is 0 Å². The third-order valence-corrected chi connectivity index (χ3v) is 5.18. The van der Waals surface area contributed by atoms with Gasteiger partial charge in [0, 0.05) is 11.1 Å². The number of fused-ring (bicyclic) bond motifs is 1. The maximum atomic E-state index is 14.6. The van der Waals surface area contributed by atoms with Crippen LogP contribution in [0.15, 0.2) is 36.4 Å². The second kappa shape index (κ2) is 9.63. The molecule has 2 aromatic carbocycles. The van der Waals surface area contributed by atoms with Crippen LogP contribution in [0, 0.1) is 24.4 Å². The summed E-state index contributed by atoms with van der Waals surface area (Å²) in [5.41, 5.74) is 0.930. The molecule has 34 heavy (non-hydrogen) atoms. The predicted octanol–water partition coefficient (Wildman–Crippen LogP) is 2.77. The molecule has 9 nitrogen and oxygen atoms in total. The number of carbonyl (C=O) groups is 1. The van der Waals surface area contributed by atoms with E-state index in [0.717, 1.165) is 28.0 Å². The number of amides is 2. The van der Waals surface area contributed by atoms with Gasteiger partial charge in [-0.2, -0.15) is 9.97 Å². The van der Waals surface area contributed by atoms with Gasteiger partial charge in [0.1, 0.15) is 43.3 Å². The van der Waals surface area contributed by atoms with E-state index in [9.17, 15) is 28.2 Å². The number of anilines is 2. The van der Waals surface area contributed by atoms with Gasteiger partial charge in [-0.15, -0.1) is 0 Å². The number of benzene rings is 2. The van der Waals surface area contributed by atoms with Crippen molar-refractivity contribution < 1.29 is 32.9 Å². The number of halogens is 3. The van der Waals surface area contributed by atoms with Crippen LogP contribution >= 0.6 is 0 Å². The van der Waals surface area contributed by atoms with Crippen molar-refractivity contribution in [3.63, 3.8) is 0 Å². The highest BCUT2D eigenvalue weighted by Crippen LogP contribution is 2.39. The van der Waals surface area contributed by atoms with E-state index in [1.54, 1.807) is 6.92 Å². The summed E-state index contributed by atoms with van der Waals surface area (Å²) in [4.78, 5) is 23.2. The lowest BCUT2D eigenvalue weighted by atomic mass is 10.00. The van der Waals surface area contributed by atoms with E-state index in [-0.39, 0.29) is 30.8 Å². The summed E-state index contributed by atoms with van der Waals surface area (Å²) in [6.45, 7) is 0.212. The normalized spacial score (nSPS) is 13.1. The first-order chi connectivity index (χ1) is 16.3. The van der Waals surface area contributed by atoms with Gasteiger partial charge in [-0.05, 0) is 42.8 Å². The molecule has 0 fully saturated rings. The number of rotatable bonds is 7. The fourth-order valence-electron chi connectivity index (χ4n) is 3.50. The largest absolute Gasteiger partial charge is 0.447 e. The molecular weight excluding hydrogens is 455 g/mol. The van der Waals surface area contributed by atoms with Crippen LogP contribution in [0.25, 0.3) is 11.3 Å². The third kappa shape index (κ3) is 4.38. The average Bonchev–Trinajstić information content (AvgIpc) is 2.80. The zero-order valence-corrected chi connectivity index (χ0v) is 17.9. The van der Waals surface area contributed by atoms with Crippen molar-refractivity contribution in [2.24, 2.45) is 0 Å². The molecule has 0 atom stereocenters. The van der Waals surface area contributed by atoms with Crippen molar-refractivity contribution >= 4 is 17.5 Å². The Kier molecular flexibility index (Phi) is 6.63. The lowest BCUT2D eigenvalue weighted by molar-refractivity contribution is -0.0205. The standard InChI is InChI=1S/C22H20F3N5O4/c1-12-7-13(23)5-6-14(12)18-15-8-26-22(33)30(19-16(24)3-2-4-17(19)25)20(15)28-21(27-18)34-11-29(9-31)10-32/h2-7,31-32H,8-11H2,1H3,(H,26,33). The van der Waals surface area contributed by atoms with Gasteiger partial charge >= 0.3 is 12.0 Å². The summed E-state index contributed by atoms with van der Waals surface area (Å²) in [6, 6.07) is 6.06. The Morgan fingerprint density at radius 2 is 1.82 bits per heavy atom. The minimum absolute atomic E-state index is 0.0629. The van der Waals surface area contributed by atoms with Crippen LogP contribution in [-0.4, -0.2) is 51.3 Å². The Morgan fingerprint density at radius 1 is 1.12 bits per heavy atom. The van der Waals surface area contributed by atoms with E-state index in [1.807, 2.05) is 0 Å². The number of aromatic nitrogens is 2. The van der Waals surface area contributed by atoms with Gasteiger partial charge in [-0.25, -0.2) is 27.8 Å². The van der Waals surface area contributed by atoms with Crippen molar-refractivity contribution in [3.05, 3.63) is 65.0 Å². The molecule has 0 radical (unpaired) electrons. The minimum atomic E-state index is -0.990. The van der Waals surface area contributed by atoms with Crippen molar-refractivity contribution in [3.8, 4) is 17.3 Å². The first kappa shape index (κ1) is 23.4.